The van der Waals surface area contributed by atoms with E-state index in [0.717, 1.165) is 27.9 Å². The summed E-state index contributed by atoms with van der Waals surface area (Å²) in [5.41, 5.74) is 1.65. The van der Waals surface area contributed by atoms with Crippen molar-refractivity contribution >= 4 is 33.6 Å². The Bertz CT molecular complexity index is 650. The van der Waals surface area contributed by atoms with Crippen molar-refractivity contribution in [2.45, 2.75) is 13.3 Å². The molecule has 0 radical (unpaired) electrons. The van der Waals surface area contributed by atoms with Gasteiger partial charge < -0.3 is 10.1 Å². The second-order valence-corrected chi connectivity index (χ2v) is 5.63. The number of rotatable bonds is 6. The van der Waals surface area contributed by atoms with Crippen molar-refractivity contribution in [2.75, 3.05) is 11.9 Å². The number of hydrogen-bond donors (Lipinski definition) is 1. The molecule has 3 nitrogen and oxygen atoms in total. The van der Waals surface area contributed by atoms with Crippen LogP contribution in [0.2, 0.25) is 0 Å². The van der Waals surface area contributed by atoms with E-state index in [9.17, 15) is 4.79 Å². The standard InChI is InChI=1S/C18H18BrNO2/c1-2-13-22-17-6-4-3-5-14(17)7-12-18(21)20-16-10-8-15(19)9-11-16/h3-12H,2,13H2,1H3,(H,20,21). The minimum atomic E-state index is -0.174. The average Bonchev–Trinajstić information content (AvgIpc) is 2.54. The second kappa shape index (κ2) is 8.39. The van der Waals surface area contributed by atoms with Gasteiger partial charge in [0.2, 0.25) is 5.91 Å². The van der Waals surface area contributed by atoms with E-state index in [0.29, 0.717) is 6.61 Å². The number of carbonyl (C=O) groups is 1. The Morgan fingerprint density at radius 2 is 1.91 bits per heavy atom. The van der Waals surface area contributed by atoms with Gasteiger partial charge in [-0.2, -0.15) is 0 Å². The number of hydrogen-bond acceptors (Lipinski definition) is 2. The summed E-state index contributed by atoms with van der Waals surface area (Å²) in [7, 11) is 0. The Morgan fingerprint density at radius 3 is 2.64 bits per heavy atom. The molecule has 2 aromatic carbocycles. The molecule has 1 amide bonds. The van der Waals surface area contributed by atoms with Crippen LogP contribution in [-0.4, -0.2) is 12.5 Å². The van der Waals surface area contributed by atoms with E-state index < -0.39 is 0 Å². The van der Waals surface area contributed by atoms with Crippen LogP contribution in [0.5, 0.6) is 5.75 Å². The third-order valence-electron chi connectivity index (χ3n) is 2.91. The molecule has 4 heteroatoms. The number of nitrogens with one attached hydrogen (secondary N) is 1. The largest absolute Gasteiger partial charge is 0.493 e. The highest BCUT2D eigenvalue weighted by atomic mass is 79.9. The molecular weight excluding hydrogens is 342 g/mol. The number of carbonyl (C=O) groups excluding carboxylic acids is 1. The summed E-state index contributed by atoms with van der Waals surface area (Å²) in [4.78, 5) is 11.9. The minimum absolute atomic E-state index is 0.174. The van der Waals surface area contributed by atoms with Gasteiger partial charge in [0.15, 0.2) is 0 Å². The molecule has 114 valence electrons. The van der Waals surface area contributed by atoms with Crippen molar-refractivity contribution in [3.05, 3.63) is 64.6 Å². The maximum Gasteiger partial charge on any atom is 0.248 e. The molecule has 1 N–H and O–H groups in total. The molecule has 0 fully saturated rings. The maximum absolute atomic E-state index is 11.9. The van der Waals surface area contributed by atoms with E-state index >= 15 is 0 Å². The summed E-state index contributed by atoms with van der Waals surface area (Å²) >= 11 is 3.36. The molecule has 2 aromatic rings. The Hall–Kier alpha value is -2.07. The van der Waals surface area contributed by atoms with Gasteiger partial charge in [-0.1, -0.05) is 41.1 Å². The molecule has 22 heavy (non-hydrogen) atoms. The minimum Gasteiger partial charge on any atom is -0.493 e. The van der Waals surface area contributed by atoms with Crippen molar-refractivity contribution in [3.63, 3.8) is 0 Å². The normalized spacial score (nSPS) is 10.6. The average molecular weight is 360 g/mol. The molecule has 0 saturated carbocycles. The molecule has 0 aromatic heterocycles. The number of benzene rings is 2. The summed E-state index contributed by atoms with van der Waals surface area (Å²) < 4.78 is 6.64. The third kappa shape index (κ3) is 5.04. The molecule has 0 aliphatic heterocycles. The lowest BCUT2D eigenvalue weighted by molar-refractivity contribution is -0.111. The van der Waals surface area contributed by atoms with Crippen LogP contribution < -0.4 is 10.1 Å². The van der Waals surface area contributed by atoms with Gasteiger partial charge in [0.05, 0.1) is 6.61 Å². The fourth-order valence-electron chi connectivity index (χ4n) is 1.84. The molecule has 0 bridgehead atoms. The molecule has 0 spiro atoms. The van der Waals surface area contributed by atoms with Crippen molar-refractivity contribution in [1.29, 1.82) is 0 Å². The van der Waals surface area contributed by atoms with Crippen LogP contribution in [-0.2, 0) is 4.79 Å². The quantitative estimate of drug-likeness (QED) is 0.745. The lowest BCUT2D eigenvalue weighted by atomic mass is 10.2. The predicted molar refractivity (Wildman–Crippen MR) is 94.0 cm³/mol. The first-order chi connectivity index (χ1) is 10.7. The van der Waals surface area contributed by atoms with Gasteiger partial charge in [-0.3, -0.25) is 4.79 Å². The van der Waals surface area contributed by atoms with Gasteiger partial charge in [0.1, 0.15) is 5.75 Å². The van der Waals surface area contributed by atoms with E-state index in [4.69, 9.17) is 4.74 Å². The van der Waals surface area contributed by atoms with E-state index in [1.165, 1.54) is 6.08 Å². The number of anilines is 1. The number of ether oxygens (including phenoxy) is 1. The zero-order valence-electron chi connectivity index (χ0n) is 12.4. The zero-order chi connectivity index (χ0) is 15.8. The van der Waals surface area contributed by atoms with Gasteiger partial charge in [0, 0.05) is 21.8 Å². The number of halogens is 1. The molecule has 0 aliphatic carbocycles. The lowest BCUT2D eigenvalue weighted by Crippen LogP contribution is -2.07. The highest BCUT2D eigenvalue weighted by molar-refractivity contribution is 9.10. The second-order valence-electron chi connectivity index (χ2n) is 4.72. The SMILES string of the molecule is CCCOc1ccccc1C=CC(=O)Nc1ccc(Br)cc1. The monoisotopic (exact) mass is 359 g/mol. The summed E-state index contributed by atoms with van der Waals surface area (Å²) in [6.45, 7) is 2.72. The first kappa shape index (κ1) is 16.3. The number of para-hydroxylation sites is 1. The van der Waals surface area contributed by atoms with Crippen LogP contribution in [0.25, 0.3) is 6.08 Å². The van der Waals surface area contributed by atoms with Crippen molar-refractivity contribution < 1.29 is 9.53 Å². The fraction of sp³-hybridized carbons (Fsp3) is 0.167. The summed E-state index contributed by atoms with van der Waals surface area (Å²) in [5, 5.41) is 2.81. The lowest BCUT2D eigenvalue weighted by Gasteiger charge is -2.07. The van der Waals surface area contributed by atoms with Gasteiger partial charge in [-0.05, 0) is 42.8 Å². The fourth-order valence-corrected chi connectivity index (χ4v) is 2.11. The first-order valence-electron chi connectivity index (χ1n) is 7.15. The van der Waals surface area contributed by atoms with E-state index in [1.54, 1.807) is 6.08 Å². The van der Waals surface area contributed by atoms with Crippen molar-refractivity contribution in [1.82, 2.24) is 0 Å². The Labute approximate surface area is 139 Å². The molecular formula is C18H18BrNO2. The van der Waals surface area contributed by atoms with E-state index in [1.807, 2.05) is 48.5 Å². The Balaban J connectivity index is 2.01. The third-order valence-corrected chi connectivity index (χ3v) is 3.44. The van der Waals surface area contributed by atoms with Gasteiger partial charge in [0.25, 0.3) is 0 Å². The summed E-state index contributed by atoms with van der Waals surface area (Å²) in [6.07, 6.45) is 4.22. The predicted octanol–water partition coefficient (Wildman–Crippen LogP) is 4.89. The molecule has 0 unspecified atom stereocenters. The van der Waals surface area contributed by atoms with Gasteiger partial charge in [-0.15, -0.1) is 0 Å². The first-order valence-corrected chi connectivity index (χ1v) is 7.95. The van der Waals surface area contributed by atoms with Crippen LogP contribution in [0.3, 0.4) is 0 Å². The number of amides is 1. The molecule has 0 aliphatic rings. The highest BCUT2D eigenvalue weighted by Crippen LogP contribution is 2.20. The van der Waals surface area contributed by atoms with Crippen molar-refractivity contribution in [2.24, 2.45) is 0 Å². The van der Waals surface area contributed by atoms with Crippen LogP contribution in [0.15, 0.2) is 59.1 Å². The van der Waals surface area contributed by atoms with E-state index in [-0.39, 0.29) is 5.91 Å². The van der Waals surface area contributed by atoms with Gasteiger partial charge in [-0.25, -0.2) is 0 Å². The Morgan fingerprint density at radius 1 is 1.18 bits per heavy atom. The molecule has 0 atom stereocenters. The molecule has 2 rings (SSSR count). The van der Waals surface area contributed by atoms with Crippen molar-refractivity contribution in [3.8, 4) is 5.75 Å². The smallest absolute Gasteiger partial charge is 0.248 e. The van der Waals surface area contributed by atoms with Gasteiger partial charge >= 0.3 is 0 Å². The van der Waals surface area contributed by atoms with E-state index in [2.05, 4.69) is 28.2 Å². The van der Waals surface area contributed by atoms with Crippen LogP contribution >= 0.6 is 15.9 Å². The molecule has 0 heterocycles. The Kier molecular flexibility index (Phi) is 6.22. The summed E-state index contributed by atoms with van der Waals surface area (Å²) in [6, 6.07) is 15.1. The highest BCUT2D eigenvalue weighted by Gasteiger charge is 2.01. The van der Waals surface area contributed by atoms with Crippen LogP contribution in [0.1, 0.15) is 18.9 Å². The van der Waals surface area contributed by atoms with Crippen LogP contribution in [0, 0.1) is 0 Å². The summed E-state index contributed by atoms with van der Waals surface area (Å²) in [5.74, 6) is 0.615. The van der Waals surface area contributed by atoms with Crippen LogP contribution in [0.4, 0.5) is 5.69 Å². The zero-order valence-corrected chi connectivity index (χ0v) is 14.0. The molecule has 0 saturated heterocycles. The topological polar surface area (TPSA) is 38.3 Å². The maximum atomic E-state index is 11.9.